The normalized spacial score (nSPS) is 15.1. The molecular formula is C8H13NO2. The van der Waals surface area contributed by atoms with Gasteiger partial charge in [0.2, 0.25) is 0 Å². The van der Waals surface area contributed by atoms with Gasteiger partial charge in [0.25, 0.3) is 0 Å². The van der Waals surface area contributed by atoms with Gasteiger partial charge < -0.3 is 4.74 Å². The van der Waals surface area contributed by atoms with Crippen LogP contribution in [-0.2, 0) is 9.53 Å². The Bertz CT molecular complexity index is 183. The molecule has 0 amide bonds. The first-order valence-electron chi connectivity index (χ1n) is 3.48. The molecule has 0 aliphatic rings. The van der Waals surface area contributed by atoms with E-state index in [1.54, 1.807) is 14.0 Å². The van der Waals surface area contributed by atoms with Crippen LogP contribution in [0.3, 0.4) is 0 Å². The third-order valence-electron chi connectivity index (χ3n) is 1.83. The maximum atomic E-state index is 10.9. The number of nitrogens with zero attached hydrogens (tertiary/aromatic N) is 1. The van der Waals surface area contributed by atoms with Crippen molar-refractivity contribution in [3.8, 4) is 6.07 Å². The monoisotopic (exact) mass is 155 g/mol. The van der Waals surface area contributed by atoms with E-state index >= 15 is 0 Å². The largest absolute Gasteiger partial charge is 0.385 e. The van der Waals surface area contributed by atoms with E-state index in [2.05, 4.69) is 0 Å². The zero-order valence-corrected chi connectivity index (χ0v) is 7.18. The Kier molecular flexibility index (Phi) is 3.77. The third-order valence-corrected chi connectivity index (χ3v) is 1.83. The Morgan fingerprint density at radius 1 is 1.73 bits per heavy atom. The summed E-state index contributed by atoms with van der Waals surface area (Å²) in [4.78, 5) is 10.9. The Morgan fingerprint density at radius 2 is 2.27 bits per heavy atom. The molecule has 0 aromatic rings. The summed E-state index contributed by atoms with van der Waals surface area (Å²) in [7, 11) is 1.55. The number of ether oxygens (including phenoxy) is 1. The topological polar surface area (TPSA) is 50.1 Å². The minimum absolute atomic E-state index is 0.1000. The molecule has 0 fully saturated rings. The van der Waals surface area contributed by atoms with Crippen molar-refractivity contribution in [1.29, 1.82) is 5.26 Å². The highest BCUT2D eigenvalue weighted by atomic mass is 16.5. The lowest BCUT2D eigenvalue weighted by atomic mass is 9.85. The molecular weight excluding hydrogens is 142 g/mol. The van der Waals surface area contributed by atoms with Crippen LogP contribution in [0.1, 0.15) is 20.3 Å². The standard InChI is InChI=1S/C8H13NO2/c1-7(10)8(2,6-9)4-5-11-3/h4-5H2,1-3H3. The van der Waals surface area contributed by atoms with Crippen molar-refractivity contribution in [3.63, 3.8) is 0 Å². The van der Waals surface area contributed by atoms with Gasteiger partial charge in [-0.25, -0.2) is 0 Å². The number of nitriles is 1. The van der Waals surface area contributed by atoms with E-state index in [1.807, 2.05) is 6.07 Å². The number of carbonyl (C=O) groups is 1. The fourth-order valence-corrected chi connectivity index (χ4v) is 0.617. The number of methoxy groups -OCH3 is 1. The Morgan fingerprint density at radius 3 is 2.55 bits per heavy atom. The Hall–Kier alpha value is -0.880. The molecule has 0 saturated carbocycles. The summed E-state index contributed by atoms with van der Waals surface area (Å²) in [5.74, 6) is -0.1000. The van der Waals surface area contributed by atoms with Crippen molar-refractivity contribution in [2.45, 2.75) is 20.3 Å². The number of carbonyl (C=O) groups excluding carboxylic acids is 1. The highest BCUT2D eigenvalue weighted by Crippen LogP contribution is 2.20. The first-order valence-corrected chi connectivity index (χ1v) is 3.48. The maximum absolute atomic E-state index is 10.9. The molecule has 0 N–H and O–H groups in total. The van der Waals surface area contributed by atoms with Crippen molar-refractivity contribution in [2.75, 3.05) is 13.7 Å². The van der Waals surface area contributed by atoms with E-state index in [0.717, 1.165) is 0 Å². The fourth-order valence-electron chi connectivity index (χ4n) is 0.617. The van der Waals surface area contributed by atoms with Gasteiger partial charge >= 0.3 is 0 Å². The second-order valence-electron chi connectivity index (χ2n) is 2.74. The molecule has 0 aliphatic carbocycles. The highest BCUT2D eigenvalue weighted by molar-refractivity contribution is 5.84. The van der Waals surface area contributed by atoms with Gasteiger partial charge in [0, 0.05) is 13.7 Å². The smallest absolute Gasteiger partial charge is 0.149 e. The first kappa shape index (κ1) is 10.1. The SMILES string of the molecule is COCCC(C)(C#N)C(C)=O. The summed E-state index contributed by atoms with van der Waals surface area (Å²) in [5.41, 5.74) is -0.865. The lowest BCUT2D eigenvalue weighted by Crippen LogP contribution is -2.24. The van der Waals surface area contributed by atoms with Gasteiger partial charge in [0.15, 0.2) is 0 Å². The van der Waals surface area contributed by atoms with E-state index in [4.69, 9.17) is 10.00 Å². The van der Waals surface area contributed by atoms with Crippen LogP contribution in [0.25, 0.3) is 0 Å². The van der Waals surface area contributed by atoms with Gasteiger partial charge in [-0.1, -0.05) is 0 Å². The minimum atomic E-state index is -0.865. The molecule has 0 spiro atoms. The average molecular weight is 155 g/mol. The second kappa shape index (κ2) is 4.09. The molecule has 3 heteroatoms. The molecule has 0 bridgehead atoms. The van der Waals surface area contributed by atoms with Crippen molar-refractivity contribution < 1.29 is 9.53 Å². The molecule has 0 aromatic carbocycles. The van der Waals surface area contributed by atoms with Crippen LogP contribution in [0, 0.1) is 16.7 Å². The van der Waals surface area contributed by atoms with Crippen LogP contribution < -0.4 is 0 Å². The lowest BCUT2D eigenvalue weighted by Gasteiger charge is -2.16. The van der Waals surface area contributed by atoms with Crippen LogP contribution in [0.15, 0.2) is 0 Å². The van der Waals surface area contributed by atoms with Gasteiger partial charge in [0.05, 0.1) is 6.07 Å². The van der Waals surface area contributed by atoms with Crippen molar-refractivity contribution in [1.82, 2.24) is 0 Å². The zero-order chi connectivity index (χ0) is 8.91. The summed E-state index contributed by atoms with van der Waals surface area (Å²) in [6, 6.07) is 1.98. The summed E-state index contributed by atoms with van der Waals surface area (Å²) in [5, 5.41) is 8.66. The predicted molar refractivity (Wildman–Crippen MR) is 40.9 cm³/mol. The van der Waals surface area contributed by atoms with E-state index in [0.29, 0.717) is 13.0 Å². The molecule has 11 heavy (non-hydrogen) atoms. The number of ketones is 1. The molecule has 0 heterocycles. The quantitative estimate of drug-likeness (QED) is 0.611. The van der Waals surface area contributed by atoms with Crippen LogP contribution in [0.2, 0.25) is 0 Å². The number of hydrogen-bond donors (Lipinski definition) is 0. The molecule has 0 radical (unpaired) electrons. The molecule has 1 atom stereocenters. The van der Waals surface area contributed by atoms with E-state index in [1.165, 1.54) is 6.92 Å². The van der Waals surface area contributed by atoms with Gasteiger partial charge in [-0.2, -0.15) is 5.26 Å². The van der Waals surface area contributed by atoms with Gasteiger partial charge in [-0.15, -0.1) is 0 Å². The van der Waals surface area contributed by atoms with Crippen LogP contribution in [0.4, 0.5) is 0 Å². The van der Waals surface area contributed by atoms with Gasteiger partial charge in [-0.05, 0) is 20.3 Å². The summed E-state index contributed by atoms with van der Waals surface area (Å²) >= 11 is 0. The summed E-state index contributed by atoms with van der Waals surface area (Å²) in [6.07, 6.45) is 0.468. The number of hydrogen-bond acceptors (Lipinski definition) is 3. The van der Waals surface area contributed by atoms with Crippen LogP contribution >= 0.6 is 0 Å². The molecule has 0 aliphatic heterocycles. The minimum Gasteiger partial charge on any atom is -0.385 e. The van der Waals surface area contributed by atoms with E-state index < -0.39 is 5.41 Å². The molecule has 0 rings (SSSR count). The molecule has 62 valence electrons. The fraction of sp³-hybridized carbons (Fsp3) is 0.750. The molecule has 0 aromatic heterocycles. The lowest BCUT2D eigenvalue weighted by molar-refractivity contribution is -0.123. The molecule has 1 unspecified atom stereocenters. The van der Waals surface area contributed by atoms with Crippen molar-refractivity contribution in [2.24, 2.45) is 5.41 Å². The Balaban J connectivity index is 4.14. The highest BCUT2D eigenvalue weighted by Gasteiger charge is 2.28. The summed E-state index contributed by atoms with van der Waals surface area (Å²) in [6.45, 7) is 3.51. The number of rotatable bonds is 4. The van der Waals surface area contributed by atoms with Crippen molar-refractivity contribution in [3.05, 3.63) is 0 Å². The van der Waals surface area contributed by atoms with E-state index in [-0.39, 0.29) is 5.78 Å². The second-order valence-corrected chi connectivity index (χ2v) is 2.74. The Labute approximate surface area is 67.0 Å². The number of Topliss-reactive ketones (excluding diaryl/α,β-unsaturated/α-hetero) is 1. The molecule has 0 saturated heterocycles. The van der Waals surface area contributed by atoms with Crippen LogP contribution in [-0.4, -0.2) is 19.5 Å². The van der Waals surface area contributed by atoms with Gasteiger partial charge in [0.1, 0.15) is 11.2 Å². The predicted octanol–water partition coefficient (Wildman–Crippen LogP) is 1.14. The average Bonchev–Trinajstić information content (AvgIpc) is 2.00. The zero-order valence-electron chi connectivity index (χ0n) is 7.18. The molecule has 3 nitrogen and oxygen atoms in total. The summed E-state index contributed by atoms with van der Waals surface area (Å²) < 4.78 is 4.79. The third kappa shape index (κ3) is 2.69. The maximum Gasteiger partial charge on any atom is 0.149 e. The first-order chi connectivity index (χ1) is 5.06. The van der Waals surface area contributed by atoms with Crippen LogP contribution in [0.5, 0.6) is 0 Å². The van der Waals surface area contributed by atoms with Gasteiger partial charge in [-0.3, -0.25) is 4.79 Å². The van der Waals surface area contributed by atoms with E-state index in [9.17, 15) is 4.79 Å². The van der Waals surface area contributed by atoms with Crippen molar-refractivity contribution >= 4 is 5.78 Å².